The molecule has 1 saturated carbocycles. The second-order valence-corrected chi connectivity index (χ2v) is 16.6. The van der Waals surface area contributed by atoms with Crippen molar-refractivity contribution in [1.82, 2.24) is 19.9 Å². The van der Waals surface area contributed by atoms with Gasteiger partial charge in [0, 0.05) is 38.8 Å². The van der Waals surface area contributed by atoms with Gasteiger partial charge >= 0.3 is 0 Å². The van der Waals surface area contributed by atoms with Crippen LogP contribution in [-0.2, 0) is 5.41 Å². The first kappa shape index (κ1) is 37.4. The minimum absolute atomic E-state index is 0.0798. The Morgan fingerprint density at radius 3 is 1.05 bits per heavy atom. The van der Waals surface area contributed by atoms with E-state index >= 15 is 0 Å². The number of fused-ring (bicyclic) bond motifs is 2. The molecule has 0 N–H and O–H groups in total. The van der Waals surface area contributed by atoms with Crippen molar-refractivity contribution in [2.45, 2.75) is 37.5 Å². The third kappa shape index (κ3) is 7.24. The summed E-state index contributed by atoms with van der Waals surface area (Å²) in [6.45, 7) is 0. The van der Waals surface area contributed by atoms with Crippen molar-refractivity contribution in [1.29, 1.82) is 0 Å². The van der Waals surface area contributed by atoms with Crippen LogP contribution in [0, 0.1) is 0 Å². The Balaban J connectivity index is 0.949. The fraction of sp³-hybridized carbons (Fsp3) is 0.103. The molecule has 0 bridgehead atoms. The quantitative estimate of drug-likeness (QED) is 0.154. The lowest BCUT2D eigenvalue weighted by Gasteiger charge is -2.39. The zero-order valence-electron chi connectivity index (χ0n) is 34.5. The van der Waals surface area contributed by atoms with Gasteiger partial charge < -0.3 is 0 Å². The molecule has 4 nitrogen and oxygen atoms in total. The van der Waals surface area contributed by atoms with Crippen LogP contribution in [0.4, 0.5) is 0 Å². The lowest BCUT2D eigenvalue weighted by Crippen LogP contribution is -2.30. The summed E-state index contributed by atoms with van der Waals surface area (Å²) in [7, 11) is 0. The first-order valence-corrected chi connectivity index (χ1v) is 21.7. The van der Waals surface area contributed by atoms with E-state index in [1.165, 1.54) is 51.9 Å². The van der Waals surface area contributed by atoms with Gasteiger partial charge in [0.05, 0.1) is 22.8 Å². The van der Waals surface area contributed by atoms with E-state index in [0.717, 1.165) is 80.6 Å². The van der Waals surface area contributed by atoms with Gasteiger partial charge in [0.2, 0.25) is 0 Å². The molecule has 1 aliphatic rings. The van der Waals surface area contributed by atoms with E-state index in [4.69, 9.17) is 19.9 Å². The van der Waals surface area contributed by atoms with Gasteiger partial charge in [-0.1, -0.05) is 201 Å². The molecular formula is C58H44N4. The minimum atomic E-state index is -0.0798. The zero-order chi connectivity index (χ0) is 41.3. The largest absolute Gasteiger partial charge is 0.228 e. The Kier molecular flexibility index (Phi) is 9.74. The highest BCUT2D eigenvalue weighted by Gasteiger charge is 2.35. The van der Waals surface area contributed by atoms with Gasteiger partial charge in [0.25, 0.3) is 0 Å². The highest BCUT2D eigenvalue weighted by atomic mass is 14.9. The molecule has 0 aliphatic heterocycles. The van der Waals surface area contributed by atoms with Crippen molar-refractivity contribution in [3.05, 3.63) is 217 Å². The Labute approximate surface area is 362 Å². The third-order valence-electron chi connectivity index (χ3n) is 12.8. The average molecular weight is 797 g/mol. The van der Waals surface area contributed by atoms with Gasteiger partial charge in [-0.25, -0.2) is 19.9 Å². The molecule has 296 valence electrons. The number of aromatic nitrogens is 4. The molecule has 1 aliphatic carbocycles. The molecule has 0 spiro atoms. The van der Waals surface area contributed by atoms with Crippen LogP contribution in [0.1, 0.15) is 43.2 Å². The maximum absolute atomic E-state index is 5.16. The second-order valence-electron chi connectivity index (χ2n) is 16.6. The smallest absolute Gasteiger partial charge is 0.160 e. The fourth-order valence-corrected chi connectivity index (χ4v) is 9.44. The van der Waals surface area contributed by atoms with E-state index in [0.29, 0.717) is 0 Å². The summed E-state index contributed by atoms with van der Waals surface area (Å²) in [4.78, 5) is 20.5. The van der Waals surface area contributed by atoms with Crippen molar-refractivity contribution in [3.8, 4) is 67.8 Å². The van der Waals surface area contributed by atoms with Crippen LogP contribution in [0.3, 0.4) is 0 Å². The topological polar surface area (TPSA) is 51.6 Å². The molecule has 0 atom stereocenters. The predicted octanol–water partition coefficient (Wildman–Crippen LogP) is 14.8. The zero-order valence-corrected chi connectivity index (χ0v) is 34.5. The summed E-state index contributed by atoms with van der Waals surface area (Å²) >= 11 is 0. The van der Waals surface area contributed by atoms with Crippen molar-refractivity contribution < 1.29 is 0 Å². The molecule has 0 unspecified atom stereocenters. The van der Waals surface area contributed by atoms with Gasteiger partial charge in [0.1, 0.15) is 0 Å². The van der Waals surface area contributed by atoms with Crippen LogP contribution in [0.25, 0.3) is 89.4 Å². The first-order chi connectivity index (χ1) is 30.6. The van der Waals surface area contributed by atoms with Crippen molar-refractivity contribution in [3.63, 3.8) is 0 Å². The summed E-state index contributed by atoms with van der Waals surface area (Å²) in [5, 5.41) is 4.82. The third-order valence-corrected chi connectivity index (χ3v) is 12.8. The van der Waals surface area contributed by atoms with E-state index in [1.807, 2.05) is 36.4 Å². The normalized spacial score (nSPS) is 13.6. The van der Waals surface area contributed by atoms with Gasteiger partial charge in [-0.2, -0.15) is 0 Å². The maximum Gasteiger partial charge on any atom is 0.160 e. The Morgan fingerprint density at radius 2 is 0.629 bits per heavy atom. The van der Waals surface area contributed by atoms with Crippen molar-refractivity contribution >= 4 is 21.5 Å². The van der Waals surface area contributed by atoms with Crippen LogP contribution in [0.2, 0.25) is 0 Å². The lowest BCUT2D eigenvalue weighted by molar-refractivity contribution is 0.346. The average Bonchev–Trinajstić information content (AvgIpc) is 3.36. The molecule has 8 aromatic carbocycles. The Bertz CT molecular complexity index is 2980. The van der Waals surface area contributed by atoms with Crippen LogP contribution >= 0.6 is 0 Å². The monoisotopic (exact) mass is 796 g/mol. The van der Waals surface area contributed by atoms with Crippen LogP contribution < -0.4 is 0 Å². The molecule has 4 heteroatoms. The molecule has 2 heterocycles. The van der Waals surface area contributed by atoms with E-state index in [9.17, 15) is 0 Å². The SMILES string of the molecule is c1ccc(-c2nc(-c3ccc(C4(c5ccc(-c6cc(-c7ccc8ccccc8c7)nc(-c7ccccc7)n6)cc5)CCCCC4)cc3)cc(-c3ccc4ccccc4c3)n2)cc1. The molecule has 2 aromatic heterocycles. The molecule has 62 heavy (non-hydrogen) atoms. The molecule has 0 amide bonds. The summed E-state index contributed by atoms with van der Waals surface area (Å²) in [5.74, 6) is 1.45. The van der Waals surface area contributed by atoms with E-state index in [1.54, 1.807) is 0 Å². The van der Waals surface area contributed by atoms with E-state index in [2.05, 4.69) is 170 Å². The molecule has 11 rings (SSSR count). The highest BCUT2D eigenvalue weighted by molar-refractivity contribution is 5.88. The number of hydrogen-bond acceptors (Lipinski definition) is 4. The van der Waals surface area contributed by atoms with Crippen molar-refractivity contribution in [2.24, 2.45) is 0 Å². The number of rotatable bonds is 8. The predicted molar refractivity (Wildman–Crippen MR) is 256 cm³/mol. The fourth-order valence-electron chi connectivity index (χ4n) is 9.44. The maximum atomic E-state index is 5.16. The molecule has 0 saturated heterocycles. The standard InChI is InChI=1S/C58H44N4/c1-4-16-44(17-5-1)56-59-52(38-54(61-56)48-24-22-40-14-8-10-20-46(40)36-48)42-26-30-50(31-27-42)58(34-12-3-13-35-58)51-32-28-43(29-33-51)53-39-55(62-57(60-53)45-18-6-2-7-19-45)49-25-23-41-15-9-11-21-47(41)37-49/h1-2,4-11,14-33,36-39H,3,12-13,34-35H2. The molecular weight excluding hydrogens is 753 g/mol. The lowest BCUT2D eigenvalue weighted by atomic mass is 9.65. The van der Waals surface area contributed by atoms with E-state index < -0.39 is 0 Å². The number of hydrogen-bond donors (Lipinski definition) is 0. The summed E-state index contributed by atoms with van der Waals surface area (Å²) in [5.41, 5.74) is 12.6. The molecule has 0 radical (unpaired) electrons. The number of nitrogens with zero attached hydrogens (tertiary/aromatic N) is 4. The van der Waals surface area contributed by atoms with Gasteiger partial charge in [0.15, 0.2) is 11.6 Å². The first-order valence-electron chi connectivity index (χ1n) is 21.7. The van der Waals surface area contributed by atoms with Crippen molar-refractivity contribution in [2.75, 3.05) is 0 Å². The Morgan fingerprint density at radius 1 is 0.274 bits per heavy atom. The summed E-state index contributed by atoms with van der Waals surface area (Å²) in [6, 6.07) is 73.4. The van der Waals surface area contributed by atoms with Gasteiger partial charge in [-0.3, -0.25) is 0 Å². The minimum Gasteiger partial charge on any atom is -0.228 e. The second kappa shape index (κ2) is 16.1. The van der Waals surface area contributed by atoms with E-state index in [-0.39, 0.29) is 5.41 Å². The highest BCUT2D eigenvalue weighted by Crippen LogP contribution is 2.46. The van der Waals surface area contributed by atoms with Gasteiger partial charge in [-0.15, -0.1) is 0 Å². The summed E-state index contributed by atoms with van der Waals surface area (Å²) in [6.07, 6.45) is 5.89. The molecule has 10 aromatic rings. The molecule has 1 fully saturated rings. The van der Waals surface area contributed by atoms with Gasteiger partial charge in [-0.05, 0) is 69.8 Å². The summed E-state index contributed by atoms with van der Waals surface area (Å²) < 4.78 is 0. The number of benzene rings is 8. The van der Waals surface area contributed by atoms with Crippen LogP contribution in [-0.4, -0.2) is 19.9 Å². The van der Waals surface area contributed by atoms with Crippen LogP contribution in [0.5, 0.6) is 0 Å². The Hall–Kier alpha value is -7.56. The van der Waals surface area contributed by atoms with Crippen LogP contribution in [0.15, 0.2) is 206 Å².